The maximum Gasteiger partial charge on any atom is 0.256 e. The van der Waals surface area contributed by atoms with Crippen LogP contribution in [0.5, 0.6) is 0 Å². The molecule has 0 atom stereocenters. The second kappa shape index (κ2) is 10.2. The van der Waals surface area contributed by atoms with Crippen molar-refractivity contribution in [3.8, 4) is 0 Å². The summed E-state index contributed by atoms with van der Waals surface area (Å²) in [5, 5.41) is 3.01. The average molecular weight is 439 g/mol. The van der Waals surface area contributed by atoms with Gasteiger partial charge in [0.15, 0.2) is 0 Å². The molecule has 2 aromatic rings. The lowest BCUT2D eigenvalue weighted by Gasteiger charge is -2.34. The van der Waals surface area contributed by atoms with Crippen LogP contribution >= 0.6 is 0 Å². The van der Waals surface area contributed by atoms with Crippen LogP contribution in [-0.4, -0.2) is 80.7 Å². The average Bonchev–Trinajstić information content (AvgIpc) is 2.68. The van der Waals surface area contributed by atoms with Gasteiger partial charge in [-0.2, -0.15) is 0 Å². The number of aryl methyl sites for hydroxylation is 1. The second-order valence-corrected chi connectivity index (χ2v) is 7.83. The normalized spacial score (nSPS) is 14.8. The summed E-state index contributed by atoms with van der Waals surface area (Å²) >= 11 is 0. The number of nitrogens with zero attached hydrogens (tertiary/aromatic N) is 4. The van der Waals surface area contributed by atoms with Gasteiger partial charge in [0.25, 0.3) is 5.91 Å². The molecule has 1 aromatic carbocycles. The first kappa shape index (κ1) is 24.1. The minimum absolute atomic E-state index is 0. The van der Waals surface area contributed by atoms with Gasteiger partial charge in [0, 0.05) is 57.4 Å². The van der Waals surface area contributed by atoms with Gasteiger partial charge in [-0.3, -0.25) is 9.59 Å². The Morgan fingerprint density at radius 1 is 1.20 bits per heavy atom. The predicted molar refractivity (Wildman–Crippen MR) is 114 cm³/mol. The fraction of sp³-hybridized carbons (Fsp3) is 0.524. The van der Waals surface area contributed by atoms with Crippen LogP contribution in [0.3, 0.4) is 0 Å². The first-order valence-electron chi connectivity index (χ1n) is 10.0. The van der Waals surface area contributed by atoms with Crippen molar-refractivity contribution in [1.29, 1.82) is 0 Å². The Labute approximate surface area is 182 Å². The zero-order chi connectivity index (χ0) is 21.1. The molecule has 0 aliphatic carbocycles. The third-order valence-corrected chi connectivity index (χ3v) is 5.42. The van der Waals surface area contributed by atoms with Gasteiger partial charge in [-0.1, -0.05) is 0 Å². The molecular formula is C21H30ClFN5O2-. The van der Waals surface area contributed by atoms with E-state index in [0.717, 1.165) is 26.2 Å². The minimum atomic E-state index is -0.434. The van der Waals surface area contributed by atoms with E-state index in [2.05, 4.69) is 10.2 Å². The van der Waals surface area contributed by atoms with Gasteiger partial charge in [-0.25, -0.2) is 4.39 Å². The highest BCUT2D eigenvalue weighted by atomic mass is 35.5. The SMILES string of the molecule is CCn1cc(C(=O)NCCN(C)C)c(=O)c2cc(F)c(N3CCN(C)CC3)cc21.[Cl-]. The van der Waals surface area contributed by atoms with Gasteiger partial charge in [-0.15, -0.1) is 0 Å². The van der Waals surface area contributed by atoms with Crippen LogP contribution in [0, 0.1) is 5.82 Å². The Bertz CT molecular complexity index is 955. The number of aromatic nitrogens is 1. The maximum atomic E-state index is 14.9. The van der Waals surface area contributed by atoms with E-state index >= 15 is 0 Å². The fourth-order valence-electron chi connectivity index (χ4n) is 3.60. The number of hydrogen-bond donors (Lipinski definition) is 1. The van der Waals surface area contributed by atoms with Gasteiger partial charge in [-0.05, 0) is 40.2 Å². The summed E-state index contributed by atoms with van der Waals surface area (Å²) in [6.07, 6.45) is 1.58. The molecule has 1 aliphatic heterocycles. The molecule has 3 rings (SSSR count). The summed E-state index contributed by atoms with van der Waals surface area (Å²) in [5.41, 5.74) is 0.772. The van der Waals surface area contributed by atoms with Crippen molar-refractivity contribution in [3.05, 3.63) is 39.9 Å². The van der Waals surface area contributed by atoms with E-state index in [1.807, 2.05) is 42.4 Å². The van der Waals surface area contributed by atoms with E-state index in [1.54, 1.807) is 12.3 Å². The van der Waals surface area contributed by atoms with E-state index in [0.29, 0.717) is 30.8 Å². The van der Waals surface area contributed by atoms with Crippen molar-refractivity contribution in [3.63, 3.8) is 0 Å². The van der Waals surface area contributed by atoms with E-state index < -0.39 is 17.2 Å². The number of piperazine rings is 1. The highest BCUT2D eigenvalue weighted by molar-refractivity contribution is 5.97. The predicted octanol–water partition coefficient (Wildman–Crippen LogP) is -1.79. The highest BCUT2D eigenvalue weighted by Gasteiger charge is 2.21. The summed E-state index contributed by atoms with van der Waals surface area (Å²) in [6, 6.07) is 3.03. The van der Waals surface area contributed by atoms with E-state index in [-0.39, 0.29) is 23.4 Å². The number of hydrogen-bond acceptors (Lipinski definition) is 5. The Morgan fingerprint density at radius 3 is 2.47 bits per heavy atom. The molecule has 30 heavy (non-hydrogen) atoms. The van der Waals surface area contributed by atoms with Crippen LogP contribution in [0.2, 0.25) is 0 Å². The van der Waals surface area contributed by atoms with Crippen LogP contribution in [0.25, 0.3) is 10.9 Å². The number of carbonyl (C=O) groups excluding carboxylic acids is 1. The van der Waals surface area contributed by atoms with Crippen LogP contribution < -0.4 is 28.1 Å². The van der Waals surface area contributed by atoms with E-state index in [1.165, 1.54) is 6.07 Å². The van der Waals surface area contributed by atoms with E-state index in [4.69, 9.17) is 0 Å². The van der Waals surface area contributed by atoms with Crippen molar-refractivity contribution in [2.24, 2.45) is 0 Å². The van der Waals surface area contributed by atoms with Crippen LogP contribution in [0.4, 0.5) is 10.1 Å². The largest absolute Gasteiger partial charge is 1.00 e. The lowest BCUT2D eigenvalue weighted by molar-refractivity contribution is -0.0000152. The summed E-state index contributed by atoms with van der Waals surface area (Å²) in [6.45, 7) is 6.83. The van der Waals surface area contributed by atoms with Gasteiger partial charge >= 0.3 is 0 Å². The molecule has 0 radical (unpaired) electrons. The molecule has 1 amide bonds. The van der Waals surface area contributed by atoms with Crippen LogP contribution in [0.1, 0.15) is 17.3 Å². The highest BCUT2D eigenvalue weighted by Crippen LogP contribution is 2.26. The number of fused-ring (bicyclic) bond motifs is 1. The molecular weight excluding hydrogens is 409 g/mol. The number of nitrogens with one attached hydrogen (secondary N) is 1. The molecule has 1 aromatic heterocycles. The third kappa shape index (κ3) is 5.11. The Balaban J connectivity index is 0.00000320. The molecule has 0 unspecified atom stereocenters. The molecule has 166 valence electrons. The van der Waals surface area contributed by atoms with Crippen molar-refractivity contribution in [2.75, 3.05) is 65.3 Å². The molecule has 1 fully saturated rings. The van der Waals surface area contributed by atoms with Crippen LogP contribution in [0.15, 0.2) is 23.1 Å². The monoisotopic (exact) mass is 438 g/mol. The smallest absolute Gasteiger partial charge is 0.256 e. The topological polar surface area (TPSA) is 60.8 Å². The zero-order valence-corrected chi connectivity index (χ0v) is 18.8. The number of halogens is 2. The number of benzene rings is 1. The number of likely N-dealkylation sites (N-methyl/N-ethyl adjacent to an activating group) is 2. The Kier molecular flexibility index (Phi) is 8.23. The summed E-state index contributed by atoms with van der Waals surface area (Å²) in [4.78, 5) is 31.7. The number of carbonyl (C=O) groups is 1. The van der Waals surface area contributed by atoms with Gasteiger partial charge in [0.1, 0.15) is 11.4 Å². The molecule has 1 aliphatic rings. The fourth-order valence-corrected chi connectivity index (χ4v) is 3.60. The van der Waals surface area contributed by atoms with Crippen molar-refractivity contribution >= 4 is 22.5 Å². The summed E-state index contributed by atoms with van der Waals surface area (Å²) in [7, 11) is 5.87. The lowest BCUT2D eigenvalue weighted by Crippen LogP contribution is -3.00. The second-order valence-electron chi connectivity index (χ2n) is 7.83. The molecule has 7 nitrogen and oxygen atoms in total. The number of amides is 1. The molecule has 0 saturated carbocycles. The summed E-state index contributed by atoms with van der Waals surface area (Å²) in [5.74, 6) is -0.850. The number of rotatable bonds is 6. The number of pyridine rings is 1. The molecule has 9 heteroatoms. The van der Waals surface area contributed by atoms with Gasteiger partial charge in [0.05, 0.1) is 11.2 Å². The molecule has 0 bridgehead atoms. The number of anilines is 1. The van der Waals surface area contributed by atoms with E-state index in [9.17, 15) is 14.0 Å². The standard InChI is InChI=1S/C21H30FN5O2.ClH/c1-5-26-14-16(21(29)23-6-7-24(2)3)20(28)15-12-17(22)19(13-18(15)26)27-10-8-25(4)9-11-27;/h12-14H,5-11H2,1-4H3,(H,23,29);1H/p-1. The molecule has 0 spiro atoms. The van der Waals surface area contributed by atoms with Crippen molar-refractivity contribution < 1.29 is 21.6 Å². The third-order valence-electron chi connectivity index (χ3n) is 5.42. The zero-order valence-electron chi connectivity index (χ0n) is 18.0. The molecule has 2 heterocycles. The minimum Gasteiger partial charge on any atom is -1.00 e. The van der Waals surface area contributed by atoms with Crippen LogP contribution in [-0.2, 0) is 6.54 Å². The first-order chi connectivity index (χ1) is 13.8. The first-order valence-corrected chi connectivity index (χ1v) is 10.0. The van der Waals surface area contributed by atoms with Crippen molar-refractivity contribution in [1.82, 2.24) is 19.7 Å². The maximum absolute atomic E-state index is 14.9. The quantitative estimate of drug-likeness (QED) is 0.577. The lowest BCUT2D eigenvalue weighted by atomic mass is 10.1. The van der Waals surface area contributed by atoms with Crippen molar-refractivity contribution in [2.45, 2.75) is 13.5 Å². The van der Waals surface area contributed by atoms with Gasteiger partial charge < -0.3 is 37.0 Å². The summed E-state index contributed by atoms with van der Waals surface area (Å²) < 4.78 is 16.8. The molecule has 1 saturated heterocycles. The Hall–Kier alpha value is -2.16. The van der Waals surface area contributed by atoms with Gasteiger partial charge in [0.2, 0.25) is 5.43 Å². The Morgan fingerprint density at radius 2 is 1.87 bits per heavy atom. The molecule has 1 N–H and O–H groups in total.